The van der Waals surface area contributed by atoms with Crippen LogP contribution in [-0.2, 0) is 4.79 Å². The van der Waals surface area contributed by atoms with Gasteiger partial charge in [0, 0.05) is 6.42 Å². The van der Waals surface area contributed by atoms with Crippen LogP contribution in [0.2, 0.25) is 0 Å². The standard InChI is InChI=1S/C17H18O2/c1-10-7-14(8-11(2)17(10)19)13-4-3-12-5-6-16(18)15(12)9-13/h4,7-9,12,19H,3,5-6H2,1-2H3. The Bertz CT molecular complexity index is 597. The van der Waals surface area contributed by atoms with Gasteiger partial charge in [-0.3, -0.25) is 4.79 Å². The number of hydrogen-bond acceptors (Lipinski definition) is 2. The molecule has 19 heavy (non-hydrogen) atoms. The molecule has 1 atom stereocenters. The molecule has 0 amide bonds. The summed E-state index contributed by atoms with van der Waals surface area (Å²) in [7, 11) is 0. The van der Waals surface area contributed by atoms with E-state index in [2.05, 4.69) is 12.2 Å². The molecule has 2 heteroatoms. The summed E-state index contributed by atoms with van der Waals surface area (Å²) in [5, 5.41) is 9.83. The summed E-state index contributed by atoms with van der Waals surface area (Å²) in [5.74, 6) is 1.11. The number of carbonyl (C=O) groups excluding carboxylic acids is 1. The van der Waals surface area contributed by atoms with Gasteiger partial charge in [0.05, 0.1) is 0 Å². The van der Waals surface area contributed by atoms with Crippen LogP contribution in [0.15, 0.2) is 29.9 Å². The Labute approximate surface area is 113 Å². The average molecular weight is 254 g/mol. The molecule has 2 nitrogen and oxygen atoms in total. The number of benzene rings is 1. The van der Waals surface area contributed by atoms with Gasteiger partial charge in [0.1, 0.15) is 5.75 Å². The average Bonchev–Trinajstić information content (AvgIpc) is 2.77. The van der Waals surface area contributed by atoms with Gasteiger partial charge in [-0.1, -0.05) is 6.08 Å². The van der Waals surface area contributed by atoms with E-state index in [9.17, 15) is 9.90 Å². The number of aryl methyl sites for hydroxylation is 2. The van der Waals surface area contributed by atoms with Crippen LogP contribution in [0.5, 0.6) is 5.75 Å². The van der Waals surface area contributed by atoms with Gasteiger partial charge in [-0.25, -0.2) is 0 Å². The molecule has 1 aromatic carbocycles. The zero-order valence-electron chi connectivity index (χ0n) is 11.4. The predicted octanol–water partition coefficient (Wildman–Crippen LogP) is 3.70. The largest absolute Gasteiger partial charge is 0.507 e. The van der Waals surface area contributed by atoms with Gasteiger partial charge in [0.2, 0.25) is 0 Å². The van der Waals surface area contributed by atoms with E-state index in [1.165, 1.54) is 0 Å². The molecule has 0 spiro atoms. The first-order valence-electron chi connectivity index (χ1n) is 6.82. The summed E-state index contributed by atoms with van der Waals surface area (Å²) < 4.78 is 0. The minimum atomic E-state index is 0.308. The first-order chi connectivity index (χ1) is 9.06. The Morgan fingerprint density at radius 3 is 2.58 bits per heavy atom. The van der Waals surface area contributed by atoms with Crippen LogP contribution in [0.4, 0.5) is 0 Å². The number of rotatable bonds is 1. The monoisotopic (exact) mass is 254 g/mol. The molecule has 0 aromatic heterocycles. The summed E-state index contributed by atoms with van der Waals surface area (Å²) >= 11 is 0. The van der Waals surface area contributed by atoms with Gasteiger partial charge >= 0.3 is 0 Å². The Morgan fingerprint density at radius 2 is 1.89 bits per heavy atom. The second-order valence-electron chi connectivity index (χ2n) is 5.61. The summed E-state index contributed by atoms with van der Waals surface area (Å²) in [5.41, 5.74) is 4.98. The Kier molecular flexibility index (Phi) is 2.81. The first kappa shape index (κ1) is 12.2. The highest BCUT2D eigenvalue weighted by Crippen LogP contribution is 2.38. The molecule has 1 N–H and O–H groups in total. The van der Waals surface area contributed by atoms with Crippen LogP contribution in [0, 0.1) is 19.8 Å². The van der Waals surface area contributed by atoms with Gasteiger partial charge in [0.15, 0.2) is 5.78 Å². The van der Waals surface area contributed by atoms with E-state index in [1.807, 2.05) is 26.0 Å². The highest BCUT2D eigenvalue weighted by molar-refractivity contribution is 6.01. The number of fused-ring (bicyclic) bond motifs is 1. The van der Waals surface area contributed by atoms with Crippen LogP contribution >= 0.6 is 0 Å². The van der Waals surface area contributed by atoms with E-state index in [4.69, 9.17) is 0 Å². The van der Waals surface area contributed by atoms with Gasteiger partial charge < -0.3 is 5.11 Å². The lowest BCUT2D eigenvalue weighted by molar-refractivity contribution is -0.114. The smallest absolute Gasteiger partial charge is 0.159 e. The third-order valence-electron chi connectivity index (χ3n) is 4.24. The number of carbonyl (C=O) groups is 1. The lowest BCUT2D eigenvalue weighted by atomic mass is 9.87. The predicted molar refractivity (Wildman–Crippen MR) is 76.0 cm³/mol. The fourth-order valence-electron chi connectivity index (χ4n) is 3.10. The zero-order chi connectivity index (χ0) is 13.6. The highest BCUT2D eigenvalue weighted by atomic mass is 16.3. The second kappa shape index (κ2) is 4.37. The van der Waals surface area contributed by atoms with Crippen molar-refractivity contribution in [1.82, 2.24) is 0 Å². The lowest BCUT2D eigenvalue weighted by Gasteiger charge is -2.17. The highest BCUT2D eigenvalue weighted by Gasteiger charge is 2.30. The molecule has 0 aliphatic heterocycles. The van der Waals surface area contributed by atoms with E-state index in [0.29, 0.717) is 23.9 Å². The van der Waals surface area contributed by atoms with Gasteiger partial charge in [-0.2, -0.15) is 0 Å². The van der Waals surface area contributed by atoms with Crippen molar-refractivity contribution in [1.29, 1.82) is 0 Å². The van der Waals surface area contributed by atoms with Crippen LogP contribution < -0.4 is 0 Å². The molecule has 3 rings (SSSR count). The molecule has 98 valence electrons. The quantitative estimate of drug-likeness (QED) is 0.829. The Balaban J connectivity index is 2.02. The number of ketones is 1. The molecule has 0 saturated heterocycles. The van der Waals surface area contributed by atoms with Crippen LogP contribution in [0.3, 0.4) is 0 Å². The van der Waals surface area contributed by atoms with Crippen molar-refractivity contribution in [2.24, 2.45) is 5.92 Å². The minimum absolute atomic E-state index is 0.308. The van der Waals surface area contributed by atoms with Crippen molar-refractivity contribution in [2.45, 2.75) is 33.1 Å². The number of aromatic hydroxyl groups is 1. The molecule has 2 aliphatic carbocycles. The molecule has 1 unspecified atom stereocenters. The van der Waals surface area contributed by atoms with E-state index in [-0.39, 0.29) is 0 Å². The maximum absolute atomic E-state index is 11.8. The Hall–Kier alpha value is -1.83. The third-order valence-corrected chi connectivity index (χ3v) is 4.24. The van der Waals surface area contributed by atoms with Gasteiger partial charge in [0.25, 0.3) is 0 Å². The minimum Gasteiger partial charge on any atom is -0.507 e. The molecule has 0 radical (unpaired) electrons. The summed E-state index contributed by atoms with van der Waals surface area (Å²) in [6, 6.07) is 3.98. The number of phenols is 1. The van der Waals surface area contributed by atoms with E-state index in [1.54, 1.807) is 0 Å². The summed E-state index contributed by atoms with van der Waals surface area (Å²) in [4.78, 5) is 11.8. The van der Waals surface area contributed by atoms with Gasteiger partial charge in [-0.05, 0) is 78.7 Å². The SMILES string of the molecule is Cc1cc(C2=CCC3CCC(=O)C3=C2)cc(C)c1O. The van der Waals surface area contributed by atoms with E-state index < -0.39 is 0 Å². The van der Waals surface area contributed by atoms with Gasteiger partial charge in [-0.15, -0.1) is 0 Å². The maximum atomic E-state index is 11.8. The van der Waals surface area contributed by atoms with Crippen molar-refractivity contribution in [3.63, 3.8) is 0 Å². The number of hydrogen-bond donors (Lipinski definition) is 1. The lowest BCUT2D eigenvalue weighted by Crippen LogP contribution is -2.05. The molecule has 1 fully saturated rings. The third kappa shape index (κ3) is 2.01. The fraction of sp³-hybridized carbons (Fsp3) is 0.353. The first-order valence-corrected chi connectivity index (χ1v) is 6.82. The van der Waals surface area contributed by atoms with E-state index >= 15 is 0 Å². The van der Waals surface area contributed by atoms with Crippen molar-refractivity contribution >= 4 is 11.4 Å². The van der Waals surface area contributed by atoms with Crippen LogP contribution in [0.25, 0.3) is 5.57 Å². The van der Waals surface area contributed by atoms with Crippen molar-refractivity contribution in [2.75, 3.05) is 0 Å². The topological polar surface area (TPSA) is 37.3 Å². The molecule has 0 heterocycles. The second-order valence-corrected chi connectivity index (χ2v) is 5.61. The number of Topliss-reactive ketones (excluding diaryl/α,β-unsaturated/α-hetero) is 1. The normalized spacial score (nSPS) is 22.0. The molecular weight excluding hydrogens is 236 g/mol. The van der Waals surface area contributed by atoms with E-state index in [0.717, 1.165) is 40.7 Å². The summed E-state index contributed by atoms with van der Waals surface area (Å²) in [6.07, 6.45) is 6.94. The number of allylic oxidation sites excluding steroid dienone is 4. The maximum Gasteiger partial charge on any atom is 0.159 e. The van der Waals surface area contributed by atoms with Crippen LogP contribution in [-0.4, -0.2) is 10.9 Å². The molecule has 0 bridgehead atoms. The molecular formula is C17H18O2. The van der Waals surface area contributed by atoms with Crippen molar-refractivity contribution in [3.8, 4) is 5.75 Å². The Morgan fingerprint density at radius 1 is 1.21 bits per heavy atom. The van der Waals surface area contributed by atoms with Crippen molar-refractivity contribution in [3.05, 3.63) is 46.5 Å². The zero-order valence-corrected chi connectivity index (χ0v) is 11.4. The summed E-state index contributed by atoms with van der Waals surface area (Å²) in [6.45, 7) is 3.82. The van der Waals surface area contributed by atoms with Crippen molar-refractivity contribution < 1.29 is 9.90 Å². The fourth-order valence-corrected chi connectivity index (χ4v) is 3.10. The van der Waals surface area contributed by atoms with Crippen LogP contribution in [0.1, 0.15) is 36.0 Å². The molecule has 1 aromatic rings. The molecule has 2 aliphatic rings. The number of phenolic OH excluding ortho intramolecular Hbond substituents is 1. The molecule has 1 saturated carbocycles.